The van der Waals surface area contributed by atoms with Gasteiger partial charge in [-0.05, 0) is 31.7 Å². The average molecular weight is 289 g/mol. The second-order valence-corrected chi connectivity index (χ2v) is 5.56. The number of hydrogen-bond donors (Lipinski definition) is 0. The number of rotatable bonds is 6. The molecule has 0 aliphatic heterocycles. The van der Waals surface area contributed by atoms with Crippen molar-refractivity contribution in [1.82, 2.24) is 9.97 Å². The maximum atomic E-state index is 4.36. The van der Waals surface area contributed by atoms with Crippen molar-refractivity contribution in [3.05, 3.63) is 18.0 Å². The smallest absolute Gasteiger partial charge is 0.187 e. The first kappa shape index (κ1) is 13.0. The van der Waals surface area contributed by atoms with E-state index in [9.17, 15) is 0 Å². The van der Waals surface area contributed by atoms with Gasteiger partial charge in [-0.25, -0.2) is 9.97 Å². The molecule has 0 aliphatic carbocycles. The zero-order valence-electron chi connectivity index (χ0n) is 9.24. The van der Waals surface area contributed by atoms with Crippen LogP contribution >= 0.6 is 27.7 Å². The van der Waals surface area contributed by atoms with Gasteiger partial charge in [0.1, 0.15) is 0 Å². The molecule has 0 aromatic carbocycles. The SMILES string of the molecule is Cc1ccnc(SCCC(C)CCBr)n1. The van der Waals surface area contributed by atoms with Crippen LogP contribution in [0, 0.1) is 12.8 Å². The first-order valence-corrected chi connectivity index (χ1v) is 7.31. The topological polar surface area (TPSA) is 25.8 Å². The van der Waals surface area contributed by atoms with Gasteiger partial charge < -0.3 is 0 Å². The molecule has 0 saturated carbocycles. The Morgan fingerprint density at radius 1 is 1.47 bits per heavy atom. The Labute approximate surface area is 104 Å². The van der Waals surface area contributed by atoms with Crippen molar-refractivity contribution in [3.8, 4) is 0 Å². The van der Waals surface area contributed by atoms with E-state index < -0.39 is 0 Å². The maximum absolute atomic E-state index is 4.36. The Morgan fingerprint density at radius 3 is 2.93 bits per heavy atom. The minimum absolute atomic E-state index is 0.779. The van der Waals surface area contributed by atoms with Crippen LogP contribution in [0.4, 0.5) is 0 Å². The molecule has 0 bridgehead atoms. The van der Waals surface area contributed by atoms with Crippen molar-refractivity contribution in [2.45, 2.75) is 31.8 Å². The molecule has 1 rings (SSSR count). The molecule has 0 spiro atoms. The monoisotopic (exact) mass is 288 g/mol. The highest BCUT2D eigenvalue weighted by Gasteiger charge is 2.03. The van der Waals surface area contributed by atoms with Gasteiger partial charge in [0.15, 0.2) is 5.16 Å². The number of hydrogen-bond acceptors (Lipinski definition) is 3. The summed E-state index contributed by atoms with van der Waals surface area (Å²) < 4.78 is 0. The van der Waals surface area contributed by atoms with Crippen molar-refractivity contribution in [2.75, 3.05) is 11.1 Å². The lowest BCUT2D eigenvalue weighted by atomic mass is 10.1. The molecule has 84 valence electrons. The van der Waals surface area contributed by atoms with Crippen molar-refractivity contribution in [2.24, 2.45) is 5.92 Å². The zero-order chi connectivity index (χ0) is 11.1. The van der Waals surface area contributed by atoms with E-state index in [0.717, 1.165) is 27.9 Å². The molecule has 2 nitrogen and oxygen atoms in total. The van der Waals surface area contributed by atoms with Crippen LogP contribution in [0.2, 0.25) is 0 Å². The number of alkyl halides is 1. The third kappa shape index (κ3) is 5.52. The Kier molecular flexibility index (Phi) is 6.25. The minimum Gasteiger partial charge on any atom is -0.231 e. The number of nitrogens with zero attached hydrogens (tertiary/aromatic N) is 2. The summed E-state index contributed by atoms with van der Waals surface area (Å²) in [6.07, 6.45) is 4.30. The Morgan fingerprint density at radius 2 is 2.27 bits per heavy atom. The van der Waals surface area contributed by atoms with E-state index in [1.807, 2.05) is 19.2 Å². The summed E-state index contributed by atoms with van der Waals surface area (Å²) in [5, 5.41) is 2.00. The van der Waals surface area contributed by atoms with Crippen LogP contribution in [0.25, 0.3) is 0 Å². The Hall–Kier alpha value is -0.0900. The van der Waals surface area contributed by atoms with Crippen molar-refractivity contribution < 1.29 is 0 Å². The molecule has 0 N–H and O–H groups in total. The summed E-state index contributed by atoms with van der Waals surface area (Å²) in [5.74, 6) is 1.89. The molecule has 1 unspecified atom stereocenters. The summed E-state index contributed by atoms with van der Waals surface area (Å²) in [7, 11) is 0. The lowest BCUT2D eigenvalue weighted by Crippen LogP contribution is -1.98. The summed E-state index contributed by atoms with van der Waals surface area (Å²) in [5.41, 5.74) is 1.04. The van der Waals surface area contributed by atoms with Gasteiger partial charge in [-0.3, -0.25) is 0 Å². The summed E-state index contributed by atoms with van der Waals surface area (Å²) in [6, 6.07) is 1.93. The third-order valence-corrected chi connectivity index (χ3v) is 3.57. The molecule has 15 heavy (non-hydrogen) atoms. The van der Waals surface area contributed by atoms with Gasteiger partial charge in [-0.15, -0.1) is 0 Å². The molecular weight excluding hydrogens is 272 g/mol. The van der Waals surface area contributed by atoms with E-state index in [1.165, 1.54) is 12.8 Å². The Bertz CT molecular complexity index is 294. The van der Waals surface area contributed by atoms with E-state index in [2.05, 4.69) is 32.8 Å². The molecule has 0 radical (unpaired) electrons. The highest BCUT2D eigenvalue weighted by molar-refractivity contribution is 9.09. The van der Waals surface area contributed by atoms with E-state index in [0.29, 0.717) is 0 Å². The highest BCUT2D eigenvalue weighted by atomic mass is 79.9. The number of aryl methyl sites for hydroxylation is 1. The molecule has 0 amide bonds. The summed E-state index contributed by atoms with van der Waals surface area (Å²) in [4.78, 5) is 8.58. The second kappa shape index (κ2) is 7.23. The molecule has 1 aromatic heterocycles. The summed E-state index contributed by atoms with van der Waals surface area (Å²) >= 11 is 5.22. The van der Waals surface area contributed by atoms with Crippen molar-refractivity contribution in [1.29, 1.82) is 0 Å². The van der Waals surface area contributed by atoms with Gasteiger partial charge in [-0.2, -0.15) is 0 Å². The van der Waals surface area contributed by atoms with E-state index in [4.69, 9.17) is 0 Å². The molecule has 4 heteroatoms. The van der Waals surface area contributed by atoms with Crippen molar-refractivity contribution in [3.63, 3.8) is 0 Å². The van der Waals surface area contributed by atoms with Gasteiger partial charge >= 0.3 is 0 Å². The lowest BCUT2D eigenvalue weighted by molar-refractivity contribution is 0.555. The fourth-order valence-corrected chi connectivity index (χ4v) is 3.01. The van der Waals surface area contributed by atoms with Gasteiger partial charge in [0.05, 0.1) is 0 Å². The normalized spacial score (nSPS) is 12.7. The maximum Gasteiger partial charge on any atom is 0.187 e. The van der Waals surface area contributed by atoms with Crippen LogP contribution in [-0.2, 0) is 0 Å². The quantitative estimate of drug-likeness (QED) is 0.454. The number of halogens is 1. The largest absolute Gasteiger partial charge is 0.231 e. The lowest BCUT2D eigenvalue weighted by Gasteiger charge is -2.07. The fraction of sp³-hybridized carbons (Fsp3) is 0.636. The fourth-order valence-electron chi connectivity index (χ4n) is 1.18. The van der Waals surface area contributed by atoms with Crippen LogP contribution in [0.3, 0.4) is 0 Å². The first-order chi connectivity index (χ1) is 7.22. The highest BCUT2D eigenvalue weighted by Crippen LogP contribution is 2.18. The Balaban J connectivity index is 2.25. The molecule has 1 atom stereocenters. The predicted octanol–water partition coefficient (Wildman–Crippen LogP) is 3.69. The van der Waals surface area contributed by atoms with E-state index in [1.54, 1.807) is 11.8 Å². The molecule has 0 saturated heterocycles. The van der Waals surface area contributed by atoms with Gasteiger partial charge in [0.2, 0.25) is 0 Å². The number of aromatic nitrogens is 2. The van der Waals surface area contributed by atoms with Crippen molar-refractivity contribution >= 4 is 27.7 Å². The van der Waals surface area contributed by atoms with Crippen LogP contribution in [-0.4, -0.2) is 21.1 Å². The van der Waals surface area contributed by atoms with Crippen LogP contribution in [0.1, 0.15) is 25.5 Å². The molecule has 1 aromatic rings. The summed E-state index contributed by atoms with van der Waals surface area (Å²) in [6.45, 7) is 4.29. The van der Waals surface area contributed by atoms with Gasteiger partial charge in [-0.1, -0.05) is 34.6 Å². The molecule has 1 heterocycles. The molecular formula is C11H17BrN2S. The van der Waals surface area contributed by atoms with Crippen LogP contribution < -0.4 is 0 Å². The molecule has 0 aliphatic rings. The minimum atomic E-state index is 0.779. The van der Waals surface area contributed by atoms with E-state index >= 15 is 0 Å². The van der Waals surface area contributed by atoms with Gasteiger partial charge in [0, 0.05) is 23.0 Å². The van der Waals surface area contributed by atoms with Gasteiger partial charge in [0.25, 0.3) is 0 Å². The number of thioether (sulfide) groups is 1. The first-order valence-electron chi connectivity index (χ1n) is 5.20. The standard InChI is InChI=1S/C11H17BrN2S/c1-9(3-6-12)5-8-15-11-13-7-4-10(2)14-11/h4,7,9H,3,5-6,8H2,1-2H3. The zero-order valence-corrected chi connectivity index (χ0v) is 11.6. The van der Waals surface area contributed by atoms with Crippen LogP contribution in [0.15, 0.2) is 17.4 Å². The molecule has 0 fully saturated rings. The second-order valence-electron chi connectivity index (χ2n) is 3.70. The van der Waals surface area contributed by atoms with E-state index in [-0.39, 0.29) is 0 Å². The average Bonchev–Trinajstić information content (AvgIpc) is 2.18. The van der Waals surface area contributed by atoms with Crippen LogP contribution in [0.5, 0.6) is 0 Å². The third-order valence-electron chi connectivity index (χ3n) is 2.22. The predicted molar refractivity (Wildman–Crippen MR) is 69.7 cm³/mol.